The molecular formula is C9H11N3S. The maximum Gasteiger partial charge on any atom is 0.155 e. The predicted molar refractivity (Wildman–Crippen MR) is 54.8 cm³/mol. The minimum Gasteiger partial charge on any atom is -0.233 e. The van der Waals surface area contributed by atoms with E-state index in [-0.39, 0.29) is 0 Å². The van der Waals surface area contributed by atoms with E-state index in [0.29, 0.717) is 0 Å². The van der Waals surface area contributed by atoms with E-state index < -0.39 is 0 Å². The number of thioether (sulfide) groups is 1. The number of fused-ring (bicyclic) bond motifs is 1. The van der Waals surface area contributed by atoms with Gasteiger partial charge in [-0.15, -0.1) is 0 Å². The van der Waals surface area contributed by atoms with Crippen LogP contribution in [0.25, 0.3) is 5.65 Å². The lowest BCUT2D eigenvalue weighted by Crippen LogP contribution is -1.93. The lowest BCUT2D eigenvalue weighted by Gasteiger charge is -1.98. The van der Waals surface area contributed by atoms with Gasteiger partial charge in [-0.3, -0.25) is 0 Å². The second kappa shape index (κ2) is 3.79. The summed E-state index contributed by atoms with van der Waals surface area (Å²) in [5.41, 5.74) is 2.05. The topological polar surface area (TPSA) is 30.2 Å². The molecule has 0 fully saturated rings. The van der Waals surface area contributed by atoms with Crippen LogP contribution >= 0.6 is 11.8 Å². The highest BCUT2D eigenvalue weighted by atomic mass is 32.2. The minimum absolute atomic E-state index is 0.925. The summed E-state index contributed by atoms with van der Waals surface area (Å²) in [6, 6.07) is 3.93. The summed E-state index contributed by atoms with van der Waals surface area (Å²) in [6.07, 6.45) is 3.72. The van der Waals surface area contributed by atoms with Gasteiger partial charge in [0.25, 0.3) is 0 Å². The molecule has 0 aromatic carbocycles. The summed E-state index contributed by atoms with van der Waals surface area (Å²) in [5.74, 6) is 2.12. The normalized spacial score (nSPS) is 10.8. The Morgan fingerprint density at radius 3 is 3.23 bits per heavy atom. The van der Waals surface area contributed by atoms with Gasteiger partial charge in [0.1, 0.15) is 0 Å². The van der Waals surface area contributed by atoms with Gasteiger partial charge in [-0.1, -0.05) is 6.92 Å². The Balaban J connectivity index is 2.26. The summed E-state index contributed by atoms with van der Waals surface area (Å²) in [7, 11) is 0. The molecule has 0 saturated carbocycles. The van der Waals surface area contributed by atoms with Gasteiger partial charge in [0.15, 0.2) is 5.65 Å². The van der Waals surface area contributed by atoms with E-state index in [4.69, 9.17) is 0 Å². The van der Waals surface area contributed by atoms with Gasteiger partial charge in [-0.25, -0.2) is 9.50 Å². The third-order valence-corrected chi connectivity index (χ3v) is 2.68. The van der Waals surface area contributed by atoms with Gasteiger partial charge < -0.3 is 0 Å². The smallest absolute Gasteiger partial charge is 0.155 e. The molecule has 0 saturated heterocycles. The summed E-state index contributed by atoms with van der Waals surface area (Å²) in [6.45, 7) is 2.15. The molecule has 0 aliphatic heterocycles. The molecule has 0 atom stereocenters. The Kier molecular flexibility index (Phi) is 2.49. The summed E-state index contributed by atoms with van der Waals surface area (Å²) < 4.78 is 1.78. The monoisotopic (exact) mass is 193 g/mol. The Bertz CT molecular complexity index is 396. The maximum atomic E-state index is 4.45. The van der Waals surface area contributed by atoms with Crippen molar-refractivity contribution in [1.29, 1.82) is 0 Å². The highest BCUT2D eigenvalue weighted by Gasteiger charge is 1.97. The van der Waals surface area contributed by atoms with Crippen LogP contribution in [0.5, 0.6) is 0 Å². The Labute approximate surface area is 81.2 Å². The van der Waals surface area contributed by atoms with Crippen LogP contribution in [0.1, 0.15) is 12.6 Å². The SMILES string of the molecule is CCSCc1ccn2nccc2n1. The fraction of sp³-hybridized carbons (Fsp3) is 0.333. The highest BCUT2D eigenvalue weighted by molar-refractivity contribution is 7.98. The van der Waals surface area contributed by atoms with Crippen molar-refractivity contribution in [2.75, 3.05) is 5.75 Å². The molecule has 2 heterocycles. The fourth-order valence-corrected chi connectivity index (χ4v) is 1.71. The third kappa shape index (κ3) is 1.83. The largest absolute Gasteiger partial charge is 0.233 e. The van der Waals surface area contributed by atoms with E-state index in [0.717, 1.165) is 22.8 Å². The first-order valence-corrected chi connectivity index (χ1v) is 5.42. The molecular weight excluding hydrogens is 182 g/mol. The van der Waals surface area contributed by atoms with E-state index in [2.05, 4.69) is 17.0 Å². The minimum atomic E-state index is 0.925. The van der Waals surface area contributed by atoms with Gasteiger partial charge in [0.2, 0.25) is 0 Å². The molecule has 13 heavy (non-hydrogen) atoms. The molecule has 0 N–H and O–H groups in total. The average Bonchev–Trinajstić information content (AvgIpc) is 2.61. The van der Waals surface area contributed by atoms with Crippen LogP contribution in [0.4, 0.5) is 0 Å². The number of hydrogen-bond donors (Lipinski definition) is 0. The van der Waals surface area contributed by atoms with Crippen molar-refractivity contribution in [3.63, 3.8) is 0 Å². The average molecular weight is 193 g/mol. The molecule has 0 unspecified atom stereocenters. The Hall–Kier alpha value is -1.03. The molecule has 0 spiro atoms. The molecule has 0 bridgehead atoms. The quantitative estimate of drug-likeness (QED) is 0.746. The van der Waals surface area contributed by atoms with Gasteiger partial charge in [0, 0.05) is 18.0 Å². The van der Waals surface area contributed by atoms with Crippen LogP contribution < -0.4 is 0 Å². The van der Waals surface area contributed by atoms with Crippen molar-refractivity contribution in [2.24, 2.45) is 0 Å². The molecule has 0 aliphatic rings. The molecule has 0 amide bonds. The molecule has 4 heteroatoms. The van der Waals surface area contributed by atoms with Crippen molar-refractivity contribution in [3.8, 4) is 0 Å². The fourth-order valence-electron chi connectivity index (χ4n) is 1.14. The number of nitrogens with zero attached hydrogens (tertiary/aromatic N) is 3. The Morgan fingerprint density at radius 1 is 1.46 bits per heavy atom. The first-order chi connectivity index (χ1) is 6.40. The lowest BCUT2D eigenvalue weighted by molar-refractivity contribution is 0.927. The molecule has 2 aromatic rings. The second-order valence-corrected chi connectivity index (χ2v) is 3.96. The van der Waals surface area contributed by atoms with E-state index in [1.807, 2.05) is 30.1 Å². The molecule has 68 valence electrons. The molecule has 0 radical (unpaired) electrons. The van der Waals surface area contributed by atoms with Crippen molar-refractivity contribution >= 4 is 17.4 Å². The van der Waals surface area contributed by atoms with Crippen LogP contribution in [0.3, 0.4) is 0 Å². The van der Waals surface area contributed by atoms with Gasteiger partial charge in [-0.05, 0) is 11.8 Å². The highest BCUT2D eigenvalue weighted by Crippen LogP contribution is 2.09. The number of hydrogen-bond acceptors (Lipinski definition) is 3. The van der Waals surface area contributed by atoms with Crippen molar-refractivity contribution in [2.45, 2.75) is 12.7 Å². The molecule has 0 aliphatic carbocycles. The van der Waals surface area contributed by atoms with Crippen molar-refractivity contribution in [3.05, 3.63) is 30.2 Å². The first-order valence-electron chi connectivity index (χ1n) is 4.27. The second-order valence-electron chi connectivity index (χ2n) is 2.69. The zero-order valence-electron chi connectivity index (χ0n) is 7.47. The van der Waals surface area contributed by atoms with Crippen LogP contribution in [0.15, 0.2) is 24.5 Å². The predicted octanol–water partition coefficient (Wildman–Crippen LogP) is 1.98. The van der Waals surface area contributed by atoms with Gasteiger partial charge >= 0.3 is 0 Å². The van der Waals surface area contributed by atoms with Crippen LogP contribution in [0, 0.1) is 0 Å². The summed E-state index contributed by atoms with van der Waals surface area (Å²) in [4.78, 5) is 4.45. The summed E-state index contributed by atoms with van der Waals surface area (Å²) in [5, 5.41) is 4.09. The zero-order valence-corrected chi connectivity index (χ0v) is 8.29. The summed E-state index contributed by atoms with van der Waals surface area (Å²) >= 11 is 1.88. The van der Waals surface area contributed by atoms with Gasteiger partial charge in [-0.2, -0.15) is 16.9 Å². The lowest BCUT2D eigenvalue weighted by atomic mass is 10.4. The van der Waals surface area contributed by atoms with Crippen molar-refractivity contribution in [1.82, 2.24) is 14.6 Å². The van der Waals surface area contributed by atoms with Gasteiger partial charge in [0.05, 0.1) is 11.9 Å². The zero-order chi connectivity index (χ0) is 9.10. The van der Waals surface area contributed by atoms with E-state index >= 15 is 0 Å². The van der Waals surface area contributed by atoms with E-state index in [1.54, 1.807) is 10.7 Å². The van der Waals surface area contributed by atoms with Crippen LogP contribution in [-0.2, 0) is 5.75 Å². The third-order valence-electron chi connectivity index (χ3n) is 1.77. The number of aromatic nitrogens is 3. The first kappa shape index (κ1) is 8.56. The van der Waals surface area contributed by atoms with E-state index in [9.17, 15) is 0 Å². The van der Waals surface area contributed by atoms with Crippen LogP contribution in [-0.4, -0.2) is 20.4 Å². The van der Waals surface area contributed by atoms with Crippen molar-refractivity contribution < 1.29 is 0 Å². The Morgan fingerprint density at radius 2 is 2.38 bits per heavy atom. The maximum absolute atomic E-state index is 4.45. The number of rotatable bonds is 3. The molecule has 2 aromatic heterocycles. The standard InChI is InChI=1S/C9H11N3S/c1-2-13-7-8-4-6-12-9(11-8)3-5-10-12/h3-6H,2,7H2,1H3. The molecule has 3 nitrogen and oxygen atoms in total. The van der Waals surface area contributed by atoms with Crippen LogP contribution in [0.2, 0.25) is 0 Å². The van der Waals surface area contributed by atoms with E-state index in [1.165, 1.54) is 0 Å². The molecule has 2 rings (SSSR count).